The van der Waals surface area contributed by atoms with E-state index in [1.54, 1.807) is 7.05 Å². The van der Waals surface area contributed by atoms with Crippen LogP contribution in [0.3, 0.4) is 0 Å². The van der Waals surface area contributed by atoms with Gasteiger partial charge in [-0.1, -0.05) is 0 Å². The zero-order chi connectivity index (χ0) is 15.3. The van der Waals surface area contributed by atoms with Crippen molar-refractivity contribution in [3.63, 3.8) is 0 Å². The molecule has 0 amide bonds. The second-order valence-corrected chi connectivity index (χ2v) is 5.91. The highest BCUT2D eigenvalue weighted by Gasteiger charge is 2.21. The van der Waals surface area contributed by atoms with E-state index in [1.165, 1.54) is 7.05 Å². The first-order valence-electron chi connectivity index (χ1n) is 5.81. The Balaban J connectivity index is 2.86. The Kier molecular flexibility index (Phi) is 5.78. The van der Waals surface area contributed by atoms with Gasteiger partial charge in [0.2, 0.25) is 0 Å². The number of benzene rings is 1. The Hall–Kier alpha value is -1.32. The highest BCUT2D eigenvalue weighted by molar-refractivity contribution is 7.90. The molecule has 5 nitrogen and oxygen atoms in total. The molecule has 0 bridgehead atoms. The largest absolute Gasteiger partial charge is 0.320 e. The van der Waals surface area contributed by atoms with E-state index in [0.717, 1.165) is 4.31 Å². The Morgan fingerprint density at radius 1 is 1.25 bits per heavy atom. The van der Waals surface area contributed by atoms with Crippen molar-refractivity contribution in [1.82, 2.24) is 9.62 Å². The molecule has 20 heavy (non-hydrogen) atoms. The molecule has 0 saturated carbocycles. The highest BCUT2D eigenvalue weighted by atomic mass is 32.2. The summed E-state index contributed by atoms with van der Waals surface area (Å²) in [6.07, 6.45) is 0.536. The summed E-state index contributed by atoms with van der Waals surface area (Å²) in [7, 11) is -1.06. The van der Waals surface area contributed by atoms with Crippen LogP contribution < -0.4 is 10.0 Å². The van der Waals surface area contributed by atoms with E-state index in [2.05, 4.69) is 5.32 Å². The predicted octanol–water partition coefficient (Wildman–Crippen LogP) is 1.30. The summed E-state index contributed by atoms with van der Waals surface area (Å²) in [6, 6.07) is 0.918. The fraction of sp³-hybridized carbons (Fsp3) is 0.455. The van der Waals surface area contributed by atoms with Gasteiger partial charge in [-0.25, -0.2) is 13.2 Å². The Bertz CT molecular complexity index is 566. The van der Waals surface area contributed by atoms with Crippen molar-refractivity contribution in [2.24, 2.45) is 0 Å². The normalized spacial score (nSPS) is 11.9. The molecule has 9 heteroatoms. The van der Waals surface area contributed by atoms with E-state index in [-0.39, 0.29) is 6.54 Å². The molecule has 1 rings (SSSR count). The Labute approximate surface area is 116 Å². The number of halogens is 3. The van der Waals surface area contributed by atoms with Gasteiger partial charge >= 0.3 is 10.2 Å². The summed E-state index contributed by atoms with van der Waals surface area (Å²) in [5.41, 5.74) is -0.761. The van der Waals surface area contributed by atoms with Gasteiger partial charge in [0.25, 0.3) is 0 Å². The topological polar surface area (TPSA) is 61.4 Å². The molecule has 1 aromatic carbocycles. The monoisotopic (exact) mass is 311 g/mol. The fourth-order valence-corrected chi connectivity index (χ4v) is 2.40. The van der Waals surface area contributed by atoms with Crippen LogP contribution in [0.25, 0.3) is 0 Å². The van der Waals surface area contributed by atoms with E-state index in [1.807, 2.05) is 4.72 Å². The maximum atomic E-state index is 13.4. The van der Waals surface area contributed by atoms with Crippen LogP contribution in [0.5, 0.6) is 0 Å². The second-order valence-electron chi connectivity index (χ2n) is 4.13. The molecule has 0 aliphatic rings. The summed E-state index contributed by atoms with van der Waals surface area (Å²) in [5.74, 6) is -3.97. The minimum absolute atomic E-state index is 0.176. The first-order chi connectivity index (χ1) is 9.27. The molecule has 114 valence electrons. The van der Waals surface area contributed by atoms with Crippen molar-refractivity contribution in [3.8, 4) is 0 Å². The molecule has 0 spiro atoms. The standard InChI is InChI=1S/C11H16F3N3O2S/c1-15-4-3-5-17(2)20(18,19)16-10-7-8(12)6-9(13)11(10)14/h6-7,15-16H,3-5H2,1-2H3. The van der Waals surface area contributed by atoms with Gasteiger partial charge in [0.15, 0.2) is 11.6 Å². The molecule has 0 atom stereocenters. The molecule has 0 aliphatic carbocycles. The quantitative estimate of drug-likeness (QED) is 0.589. The van der Waals surface area contributed by atoms with Crippen LogP contribution in [0.4, 0.5) is 18.9 Å². The van der Waals surface area contributed by atoms with Crippen molar-refractivity contribution in [2.45, 2.75) is 6.42 Å². The maximum Gasteiger partial charge on any atom is 0.301 e. The van der Waals surface area contributed by atoms with Gasteiger partial charge in [0.1, 0.15) is 5.82 Å². The van der Waals surface area contributed by atoms with Gasteiger partial charge in [-0.15, -0.1) is 0 Å². The van der Waals surface area contributed by atoms with Crippen molar-refractivity contribution >= 4 is 15.9 Å². The summed E-state index contributed by atoms with van der Waals surface area (Å²) in [6.45, 7) is 0.776. The van der Waals surface area contributed by atoms with Crippen LogP contribution in [0, 0.1) is 17.5 Å². The predicted molar refractivity (Wildman–Crippen MR) is 70.0 cm³/mol. The lowest BCUT2D eigenvalue weighted by Crippen LogP contribution is -2.34. The molecule has 0 radical (unpaired) electrons. The van der Waals surface area contributed by atoms with Crippen molar-refractivity contribution in [1.29, 1.82) is 0 Å². The number of nitrogens with one attached hydrogen (secondary N) is 2. The first-order valence-corrected chi connectivity index (χ1v) is 7.25. The molecule has 0 unspecified atom stereocenters. The van der Waals surface area contributed by atoms with Crippen molar-refractivity contribution in [2.75, 3.05) is 31.9 Å². The number of anilines is 1. The van der Waals surface area contributed by atoms with E-state index in [4.69, 9.17) is 0 Å². The molecule has 1 aromatic rings. The maximum absolute atomic E-state index is 13.4. The summed E-state index contributed by atoms with van der Waals surface area (Å²) < 4.78 is 65.8. The van der Waals surface area contributed by atoms with Gasteiger partial charge in [-0.3, -0.25) is 4.72 Å². The van der Waals surface area contributed by atoms with E-state index in [9.17, 15) is 21.6 Å². The lowest BCUT2D eigenvalue weighted by atomic mass is 10.3. The van der Waals surface area contributed by atoms with Crippen LogP contribution >= 0.6 is 0 Å². The van der Waals surface area contributed by atoms with Gasteiger partial charge < -0.3 is 5.32 Å². The van der Waals surface area contributed by atoms with E-state index < -0.39 is 33.3 Å². The van der Waals surface area contributed by atoms with Gasteiger partial charge in [0, 0.05) is 25.7 Å². The molecule has 0 fully saturated rings. The minimum Gasteiger partial charge on any atom is -0.320 e. The number of hydrogen-bond acceptors (Lipinski definition) is 3. The average molecular weight is 311 g/mol. The molecule has 0 aliphatic heterocycles. The van der Waals surface area contributed by atoms with Crippen LogP contribution in [0.15, 0.2) is 12.1 Å². The minimum atomic E-state index is -4.07. The van der Waals surface area contributed by atoms with Crippen LogP contribution in [0.2, 0.25) is 0 Å². The van der Waals surface area contributed by atoms with Crippen molar-refractivity contribution in [3.05, 3.63) is 29.6 Å². The van der Waals surface area contributed by atoms with Crippen LogP contribution in [0.1, 0.15) is 6.42 Å². The van der Waals surface area contributed by atoms with Crippen LogP contribution in [-0.4, -0.2) is 39.9 Å². The zero-order valence-electron chi connectivity index (χ0n) is 11.1. The molecule has 0 aromatic heterocycles. The lowest BCUT2D eigenvalue weighted by molar-refractivity contribution is 0.461. The van der Waals surface area contributed by atoms with E-state index in [0.29, 0.717) is 25.1 Å². The Morgan fingerprint density at radius 3 is 2.50 bits per heavy atom. The molecule has 0 heterocycles. The highest BCUT2D eigenvalue weighted by Crippen LogP contribution is 2.20. The van der Waals surface area contributed by atoms with Gasteiger partial charge in [-0.2, -0.15) is 12.7 Å². The summed E-state index contributed by atoms with van der Waals surface area (Å²) in [4.78, 5) is 0. The van der Waals surface area contributed by atoms with E-state index >= 15 is 0 Å². The Morgan fingerprint density at radius 2 is 1.90 bits per heavy atom. The van der Waals surface area contributed by atoms with Crippen molar-refractivity contribution < 1.29 is 21.6 Å². The second kappa shape index (κ2) is 6.91. The molecule has 2 N–H and O–H groups in total. The third kappa shape index (κ3) is 4.36. The number of rotatable bonds is 7. The smallest absolute Gasteiger partial charge is 0.301 e. The fourth-order valence-electron chi connectivity index (χ4n) is 1.45. The van der Waals surface area contributed by atoms with Crippen LogP contribution in [-0.2, 0) is 10.2 Å². The van der Waals surface area contributed by atoms with Gasteiger partial charge in [0.05, 0.1) is 5.69 Å². The first kappa shape index (κ1) is 16.7. The summed E-state index contributed by atoms with van der Waals surface area (Å²) >= 11 is 0. The summed E-state index contributed by atoms with van der Waals surface area (Å²) in [5, 5.41) is 2.85. The molecule has 0 saturated heterocycles. The zero-order valence-corrected chi connectivity index (χ0v) is 11.9. The SMILES string of the molecule is CNCCCN(C)S(=O)(=O)Nc1cc(F)cc(F)c1F. The third-order valence-corrected chi connectivity index (χ3v) is 4.02. The third-order valence-electron chi connectivity index (χ3n) is 2.54. The number of nitrogens with zero attached hydrogens (tertiary/aromatic N) is 1. The average Bonchev–Trinajstić information content (AvgIpc) is 2.35. The molecular formula is C11H16F3N3O2S. The number of hydrogen-bond donors (Lipinski definition) is 2. The molecular weight excluding hydrogens is 295 g/mol. The van der Waals surface area contributed by atoms with Gasteiger partial charge in [-0.05, 0) is 20.0 Å². The lowest BCUT2D eigenvalue weighted by Gasteiger charge is -2.18.